The van der Waals surface area contributed by atoms with Crippen molar-refractivity contribution in [3.8, 4) is 0 Å². The fraction of sp³-hybridized carbons (Fsp3) is 0.235. The summed E-state index contributed by atoms with van der Waals surface area (Å²) in [6.45, 7) is -0.246. The van der Waals surface area contributed by atoms with Crippen molar-refractivity contribution in [1.29, 1.82) is 0 Å². The number of rotatable bonds is 6. The van der Waals surface area contributed by atoms with E-state index < -0.39 is 10.0 Å². The van der Waals surface area contributed by atoms with Gasteiger partial charge in [0.1, 0.15) is 6.54 Å². The number of carbonyl (C=O) groups is 1. The molecule has 0 heterocycles. The molecule has 1 N–H and O–H groups in total. The van der Waals surface area contributed by atoms with E-state index >= 15 is 0 Å². The van der Waals surface area contributed by atoms with Crippen LogP contribution in [0.3, 0.4) is 0 Å². The normalized spacial score (nSPS) is 14.2. The Bertz CT molecular complexity index is 836. The Balaban J connectivity index is 1.96. The van der Waals surface area contributed by atoms with Gasteiger partial charge in [-0.1, -0.05) is 40.2 Å². The maximum Gasteiger partial charge on any atom is 0.264 e. The lowest BCUT2D eigenvalue weighted by Crippen LogP contribution is -2.41. The van der Waals surface area contributed by atoms with E-state index in [1.165, 1.54) is 12.1 Å². The number of hydrogen-bond donors (Lipinski definition) is 1. The van der Waals surface area contributed by atoms with E-state index in [1.807, 2.05) is 0 Å². The summed E-state index contributed by atoms with van der Waals surface area (Å²) in [6.07, 6.45) is 1.90. The van der Waals surface area contributed by atoms with E-state index in [-0.39, 0.29) is 23.4 Å². The van der Waals surface area contributed by atoms with Crippen molar-refractivity contribution in [2.45, 2.75) is 23.8 Å². The topological polar surface area (TPSA) is 66.5 Å². The first-order valence-corrected chi connectivity index (χ1v) is 9.83. The van der Waals surface area contributed by atoms with Crippen LogP contribution < -0.4 is 9.62 Å². The molecule has 0 radical (unpaired) electrons. The zero-order chi connectivity index (χ0) is 17.2. The molecule has 0 aliphatic heterocycles. The van der Waals surface area contributed by atoms with Crippen LogP contribution in [0.2, 0.25) is 0 Å². The predicted molar refractivity (Wildman–Crippen MR) is 96.3 cm³/mol. The first-order valence-electron chi connectivity index (χ1n) is 7.59. The molecule has 0 saturated heterocycles. The third-order valence-corrected chi connectivity index (χ3v) is 5.94. The van der Waals surface area contributed by atoms with Crippen molar-refractivity contribution >= 4 is 37.5 Å². The maximum absolute atomic E-state index is 13.0. The van der Waals surface area contributed by atoms with Gasteiger partial charge in [-0.3, -0.25) is 9.10 Å². The summed E-state index contributed by atoms with van der Waals surface area (Å²) in [5.41, 5.74) is 0.444. The standard InChI is InChI=1S/C17H17BrN2O3S/c18-13-5-4-6-15(11-13)20(12-17(21)19-14-9-10-14)24(22,23)16-7-2-1-3-8-16/h1-8,11,14H,9-10,12H2,(H,19,21). The summed E-state index contributed by atoms with van der Waals surface area (Å²) in [4.78, 5) is 12.4. The number of sulfonamides is 1. The van der Waals surface area contributed by atoms with Crippen molar-refractivity contribution in [3.05, 3.63) is 59.1 Å². The Hall–Kier alpha value is -1.86. The minimum Gasteiger partial charge on any atom is -0.352 e. The van der Waals surface area contributed by atoms with Crippen molar-refractivity contribution in [2.24, 2.45) is 0 Å². The van der Waals surface area contributed by atoms with Gasteiger partial charge in [0.25, 0.3) is 10.0 Å². The van der Waals surface area contributed by atoms with Gasteiger partial charge in [0.2, 0.25) is 5.91 Å². The number of anilines is 1. The van der Waals surface area contributed by atoms with E-state index in [2.05, 4.69) is 21.2 Å². The Morgan fingerprint density at radius 2 is 1.83 bits per heavy atom. The third-order valence-electron chi connectivity index (χ3n) is 3.66. The summed E-state index contributed by atoms with van der Waals surface area (Å²) >= 11 is 3.35. The van der Waals surface area contributed by atoms with Gasteiger partial charge in [0.15, 0.2) is 0 Å². The van der Waals surface area contributed by atoms with Gasteiger partial charge < -0.3 is 5.32 Å². The van der Waals surface area contributed by atoms with E-state index in [1.54, 1.807) is 42.5 Å². The van der Waals surface area contributed by atoms with Gasteiger partial charge in [0.05, 0.1) is 10.6 Å². The SMILES string of the molecule is O=C(CN(c1cccc(Br)c1)S(=O)(=O)c1ccccc1)NC1CC1. The summed E-state index contributed by atoms with van der Waals surface area (Å²) in [5, 5.41) is 2.84. The third kappa shape index (κ3) is 3.96. The summed E-state index contributed by atoms with van der Waals surface area (Å²) < 4.78 is 27.9. The molecule has 0 spiro atoms. The van der Waals surface area contributed by atoms with Crippen LogP contribution in [0.15, 0.2) is 64.0 Å². The second-order valence-electron chi connectivity index (χ2n) is 5.65. The number of hydrogen-bond acceptors (Lipinski definition) is 3. The fourth-order valence-electron chi connectivity index (χ4n) is 2.30. The summed E-state index contributed by atoms with van der Waals surface area (Å²) in [7, 11) is -3.83. The zero-order valence-corrected chi connectivity index (χ0v) is 15.3. The van der Waals surface area contributed by atoms with Crippen LogP contribution >= 0.6 is 15.9 Å². The number of nitrogens with one attached hydrogen (secondary N) is 1. The molecule has 126 valence electrons. The van der Waals surface area contributed by atoms with Gasteiger partial charge in [-0.05, 0) is 43.2 Å². The van der Waals surface area contributed by atoms with Crippen LogP contribution in [0.5, 0.6) is 0 Å². The highest BCUT2D eigenvalue weighted by molar-refractivity contribution is 9.10. The molecule has 0 bridgehead atoms. The smallest absolute Gasteiger partial charge is 0.264 e. The van der Waals surface area contributed by atoms with Crippen molar-refractivity contribution in [3.63, 3.8) is 0 Å². The average molecular weight is 409 g/mol. The molecule has 1 amide bonds. The number of halogens is 1. The molecule has 2 aromatic rings. The van der Waals surface area contributed by atoms with Gasteiger partial charge in [-0.2, -0.15) is 0 Å². The molecular formula is C17H17BrN2O3S. The van der Waals surface area contributed by atoms with Gasteiger partial charge in [-0.25, -0.2) is 8.42 Å². The highest BCUT2D eigenvalue weighted by Crippen LogP contribution is 2.26. The average Bonchev–Trinajstić information content (AvgIpc) is 3.37. The van der Waals surface area contributed by atoms with Crippen molar-refractivity contribution in [2.75, 3.05) is 10.8 Å². The Labute approximate surface area is 149 Å². The molecule has 0 aromatic heterocycles. The second-order valence-corrected chi connectivity index (χ2v) is 8.42. The first-order chi connectivity index (χ1) is 11.5. The molecular weight excluding hydrogens is 392 g/mol. The van der Waals surface area contributed by atoms with E-state index in [0.29, 0.717) is 5.69 Å². The zero-order valence-electron chi connectivity index (χ0n) is 12.9. The minimum absolute atomic E-state index is 0.157. The Kier molecular flexibility index (Phi) is 4.91. The van der Waals surface area contributed by atoms with E-state index in [9.17, 15) is 13.2 Å². The highest BCUT2D eigenvalue weighted by Gasteiger charge is 2.29. The molecule has 7 heteroatoms. The summed E-state index contributed by atoms with van der Waals surface area (Å²) in [6, 6.07) is 15.2. The molecule has 0 unspecified atom stereocenters. The second kappa shape index (κ2) is 6.94. The first kappa shape index (κ1) is 17.0. The summed E-state index contributed by atoms with van der Waals surface area (Å²) in [5.74, 6) is -0.294. The van der Waals surface area contributed by atoms with Crippen LogP contribution in [0, 0.1) is 0 Å². The largest absolute Gasteiger partial charge is 0.352 e. The quantitative estimate of drug-likeness (QED) is 0.798. The lowest BCUT2D eigenvalue weighted by atomic mass is 10.3. The van der Waals surface area contributed by atoms with Crippen LogP contribution in [0.4, 0.5) is 5.69 Å². The molecule has 0 atom stereocenters. The molecule has 24 heavy (non-hydrogen) atoms. The Morgan fingerprint density at radius 1 is 1.12 bits per heavy atom. The molecule has 1 aliphatic rings. The van der Waals surface area contributed by atoms with Crippen LogP contribution in [-0.4, -0.2) is 26.9 Å². The monoisotopic (exact) mass is 408 g/mol. The van der Waals surface area contributed by atoms with E-state index in [4.69, 9.17) is 0 Å². The van der Waals surface area contributed by atoms with Gasteiger partial charge >= 0.3 is 0 Å². The minimum atomic E-state index is -3.83. The molecule has 1 fully saturated rings. The van der Waals surface area contributed by atoms with Crippen LogP contribution in [0.25, 0.3) is 0 Å². The van der Waals surface area contributed by atoms with Gasteiger partial charge in [-0.15, -0.1) is 0 Å². The number of carbonyl (C=O) groups excluding carboxylic acids is 1. The Morgan fingerprint density at radius 3 is 2.46 bits per heavy atom. The number of amides is 1. The number of nitrogens with zero attached hydrogens (tertiary/aromatic N) is 1. The molecule has 1 aliphatic carbocycles. The molecule has 5 nitrogen and oxygen atoms in total. The van der Waals surface area contributed by atoms with Crippen molar-refractivity contribution < 1.29 is 13.2 Å². The molecule has 2 aromatic carbocycles. The van der Waals surface area contributed by atoms with Crippen molar-refractivity contribution in [1.82, 2.24) is 5.32 Å². The lowest BCUT2D eigenvalue weighted by Gasteiger charge is -2.24. The highest BCUT2D eigenvalue weighted by atomic mass is 79.9. The molecule has 3 rings (SSSR count). The predicted octanol–water partition coefficient (Wildman–Crippen LogP) is 2.92. The lowest BCUT2D eigenvalue weighted by molar-refractivity contribution is -0.119. The van der Waals surface area contributed by atoms with Crippen LogP contribution in [-0.2, 0) is 14.8 Å². The number of benzene rings is 2. The van der Waals surface area contributed by atoms with E-state index in [0.717, 1.165) is 21.6 Å². The molecule has 1 saturated carbocycles. The maximum atomic E-state index is 13.0. The van der Waals surface area contributed by atoms with Gasteiger partial charge in [0, 0.05) is 10.5 Å². The van der Waals surface area contributed by atoms with Crippen LogP contribution in [0.1, 0.15) is 12.8 Å². The fourth-order valence-corrected chi connectivity index (χ4v) is 4.12.